The van der Waals surface area contributed by atoms with Gasteiger partial charge >= 0.3 is 6.11 Å². The van der Waals surface area contributed by atoms with Crippen molar-refractivity contribution < 1.29 is 17.9 Å². The minimum absolute atomic E-state index is 0.00973. The van der Waals surface area contributed by atoms with Crippen LogP contribution in [0.4, 0.5) is 18.9 Å². The Morgan fingerprint density at radius 2 is 1.93 bits per heavy atom. The van der Waals surface area contributed by atoms with Gasteiger partial charge in [0, 0.05) is 0 Å². The smallest absolute Gasteiger partial charge is 0.427 e. The maximum absolute atomic E-state index is 12.6. The van der Waals surface area contributed by atoms with Gasteiger partial charge in [0.05, 0.1) is 5.69 Å². The first kappa shape index (κ1) is 11.0. The molecule has 0 spiro atoms. The lowest BCUT2D eigenvalue weighted by Gasteiger charge is -2.18. The molecule has 0 saturated heterocycles. The van der Waals surface area contributed by atoms with E-state index in [1.165, 1.54) is 24.3 Å². The van der Waals surface area contributed by atoms with E-state index in [0.29, 0.717) is 0 Å². The van der Waals surface area contributed by atoms with E-state index in [9.17, 15) is 13.2 Å². The quantitative estimate of drug-likeness (QED) is 0.634. The number of nitrogens with two attached hydrogens (primary N) is 1. The Hall–Kier alpha value is -1.10. The number of halogens is 4. The number of rotatable bonds is 3. The zero-order valence-electron chi connectivity index (χ0n) is 6.88. The van der Waals surface area contributed by atoms with Crippen molar-refractivity contribution in [3.05, 3.63) is 24.3 Å². The van der Waals surface area contributed by atoms with Crippen molar-refractivity contribution in [2.24, 2.45) is 0 Å². The fourth-order valence-electron chi connectivity index (χ4n) is 0.765. The summed E-state index contributed by atoms with van der Waals surface area (Å²) in [6.07, 6.45) is -4.09. The molecule has 1 atom stereocenters. The molecule has 0 aliphatic carbocycles. The van der Waals surface area contributed by atoms with E-state index in [4.69, 9.17) is 5.73 Å². The Morgan fingerprint density at radius 1 is 1.36 bits per heavy atom. The van der Waals surface area contributed by atoms with Gasteiger partial charge in [0.1, 0.15) is 5.75 Å². The lowest BCUT2D eigenvalue weighted by atomic mass is 10.3. The van der Waals surface area contributed by atoms with Crippen molar-refractivity contribution in [3.8, 4) is 5.75 Å². The van der Waals surface area contributed by atoms with Crippen LogP contribution in [-0.2, 0) is 0 Å². The van der Waals surface area contributed by atoms with Gasteiger partial charge in [-0.1, -0.05) is 23.7 Å². The summed E-state index contributed by atoms with van der Waals surface area (Å²) in [5, 5.41) is 0. The van der Waals surface area contributed by atoms with Crippen LogP contribution in [0.25, 0.3) is 0 Å². The van der Waals surface area contributed by atoms with Crippen LogP contribution in [0.15, 0.2) is 24.3 Å². The molecule has 0 heterocycles. The van der Waals surface area contributed by atoms with E-state index in [-0.39, 0.29) is 11.4 Å². The summed E-state index contributed by atoms with van der Waals surface area (Å²) >= 11 is 4.59. The number of hydrogen-bond donors (Lipinski definition) is 1. The molecular formula is C8H7ClF3NO. The van der Waals surface area contributed by atoms with Crippen molar-refractivity contribution in [3.63, 3.8) is 0 Å². The third kappa shape index (κ3) is 2.45. The van der Waals surface area contributed by atoms with E-state index in [1.807, 2.05) is 0 Å². The van der Waals surface area contributed by atoms with Crippen LogP contribution in [-0.4, -0.2) is 11.7 Å². The van der Waals surface area contributed by atoms with Crippen molar-refractivity contribution >= 4 is 17.3 Å². The van der Waals surface area contributed by atoms with Gasteiger partial charge in [0.2, 0.25) is 0 Å². The largest absolute Gasteiger partial charge is 0.444 e. The minimum Gasteiger partial charge on any atom is -0.427 e. The second kappa shape index (κ2) is 3.96. The summed E-state index contributed by atoms with van der Waals surface area (Å²) < 4.78 is 41.4. The van der Waals surface area contributed by atoms with E-state index in [0.717, 1.165) is 0 Å². The van der Waals surface area contributed by atoms with Crippen LogP contribution in [0.1, 0.15) is 0 Å². The second-order valence-corrected chi connectivity index (χ2v) is 2.89. The van der Waals surface area contributed by atoms with E-state index >= 15 is 0 Å². The van der Waals surface area contributed by atoms with Gasteiger partial charge in [-0.2, -0.15) is 8.78 Å². The number of para-hydroxylation sites is 2. The number of anilines is 1. The van der Waals surface area contributed by atoms with E-state index in [1.54, 1.807) is 0 Å². The van der Waals surface area contributed by atoms with E-state index < -0.39 is 11.7 Å². The Labute approximate surface area is 83.4 Å². The maximum Gasteiger partial charge on any atom is 0.444 e. The molecule has 78 valence electrons. The Bertz CT molecular complexity index is 319. The van der Waals surface area contributed by atoms with Gasteiger partial charge < -0.3 is 10.5 Å². The Morgan fingerprint density at radius 3 is 2.43 bits per heavy atom. The summed E-state index contributed by atoms with van der Waals surface area (Å²) in [4.78, 5) is 0. The molecule has 0 unspecified atom stereocenters. The van der Waals surface area contributed by atoms with Gasteiger partial charge in [0.25, 0.3) is 5.63 Å². The second-order valence-electron chi connectivity index (χ2n) is 2.50. The number of alkyl halides is 4. The highest BCUT2D eigenvalue weighted by molar-refractivity contribution is 6.20. The van der Waals surface area contributed by atoms with Crippen LogP contribution in [0.2, 0.25) is 0 Å². The summed E-state index contributed by atoms with van der Waals surface area (Å²) in [6.45, 7) is 0. The predicted octanol–water partition coefficient (Wildman–Crippen LogP) is 2.77. The first-order chi connectivity index (χ1) is 6.43. The van der Waals surface area contributed by atoms with Gasteiger partial charge in [-0.3, -0.25) is 0 Å². The molecule has 2 N–H and O–H groups in total. The fraction of sp³-hybridized carbons (Fsp3) is 0.250. The lowest BCUT2D eigenvalue weighted by molar-refractivity contribution is -0.198. The summed E-state index contributed by atoms with van der Waals surface area (Å²) in [7, 11) is 0. The maximum atomic E-state index is 12.6. The molecule has 0 radical (unpaired) electrons. The number of benzene rings is 1. The normalized spacial score (nSPS) is 13.7. The first-order valence-corrected chi connectivity index (χ1v) is 4.06. The molecule has 0 aliphatic heterocycles. The average Bonchev–Trinajstić information content (AvgIpc) is 2.08. The summed E-state index contributed by atoms with van der Waals surface area (Å²) in [5.74, 6) is -0.305. The van der Waals surface area contributed by atoms with Crippen molar-refractivity contribution in [2.75, 3.05) is 5.73 Å². The SMILES string of the molecule is Nc1ccccc1OC(F)(F)[C@@H](F)Cl. The molecule has 2 nitrogen and oxygen atoms in total. The molecule has 0 aromatic heterocycles. The summed E-state index contributed by atoms with van der Waals surface area (Å²) in [5.41, 5.74) is 2.38. The molecule has 0 amide bonds. The van der Waals surface area contributed by atoms with E-state index in [2.05, 4.69) is 16.3 Å². The Kier molecular flexibility index (Phi) is 3.10. The van der Waals surface area contributed by atoms with Crippen LogP contribution in [0.3, 0.4) is 0 Å². The number of ether oxygens (including phenoxy) is 1. The fourth-order valence-corrected chi connectivity index (χ4v) is 0.809. The molecule has 6 heteroatoms. The third-order valence-corrected chi connectivity index (χ3v) is 1.67. The third-order valence-electron chi connectivity index (χ3n) is 1.42. The van der Waals surface area contributed by atoms with Gasteiger partial charge in [-0.05, 0) is 12.1 Å². The molecule has 1 rings (SSSR count). The number of hydrogen-bond acceptors (Lipinski definition) is 2. The van der Waals surface area contributed by atoms with Crippen LogP contribution in [0.5, 0.6) is 5.75 Å². The van der Waals surface area contributed by atoms with Crippen LogP contribution < -0.4 is 10.5 Å². The monoisotopic (exact) mass is 225 g/mol. The molecule has 1 aromatic carbocycles. The zero-order chi connectivity index (χ0) is 10.8. The predicted molar refractivity (Wildman–Crippen MR) is 47.2 cm³/mol. The first-order valence-electron chi connectivity index (χ1n) is 3.63. The lowest BCUT2D eigenvalue weighted by Crippen LogP contribution is -2.33. The zero-order valence-corrected chi connectivity index (χ0v) is 7.64. The highest BCUT2D eigenvalue weighted by atomic mass is 35.5. The molecule has 0 aliphatic rings. The van der Waals surface area contributed by atoms with Crippen LogP contribution in [0, 0.1) is 0 Å². The molecule has 0 fully saturated rings. The van der Waals surface area contributed by atoms with Crippen molar-refractivity contribution in [2.45, 2.75) is 11.7 Å². The molecular weight excluding hydrogens is 219 g/mol. The van der Waals surface area contributed by atoms with Crippen molar-refractivity contribution in [1.82, 2.24) is 0 Å². The standard InChI is InChI=1S/C8H7ClF3NO/c9-7(10)8(11,12)14-6-4-2-1-3-5(6)13/h1-4,7H,13H2/t7-/m1/s1. The van der Waals surface area contributed by atoms with Gasteiger partial charge in [-0.15, -0.1) is 0 Å². The minimum atomic E-state index is -4.09. The van der Waals surface area contributed by atoms with Gasteiger partial charge in [-0.25, -0.2) is 4.39 Å². The van der Waals surface area contributed by atoms with Gasteiger partial charge in [0.15, 0.2) is 0 Å². The molecule has 0 bridgehead atoms. The molecule has 0 saturated carbocycles. The average molecular weight is 226 g/mol. The highest BCUT2D eigenvalue weighted by Gasteiger charge is 2.42. The summed E-state index contributed by atoms with van der Waals surface area (Å²) in [6, 6.07) is 5.52. The topological polar surface area (TPSA) is 35.2 Å². The highest BCUT2D eigenvalue weighted by Crippen LogP contribution is 2.31. The number of nitrogen functional groups attached to an aromatic ring is 1. The van der Waals surface area contributed by atoms with Crippen LogP contribution >= 0.6 is 11.6 Å². The molecule has 14 heavy (non-hydrogen) atoms. The molecule has 1 aromatic rings. The van der Waals surface area contributed by atoms with Crippen molar-refractivity contribution in [1.29, 1.82) is 0 Å². The Balaban J connectivity index is 2.84.